The van der Waals surface area contributed by atoms with Gasteiger partial charge in [0.05, 0.1) is 0 Å². The summed E-state index contributed by atoms with van der Waals surface area (Å²) in [6.45, 7) is 5.87. The average molecular weight is 392 g/mol. The Balaban J connectivity index is 1.41. The lowest BCUT2D eigenvalue weighted by Crippen LogP contribution is -2.54. The van der Waals surface area contributed by atoms with Gasteiger partial charge in [-0.2, -0.15) is 4.31 Å². The smallest absolute Gasteiger partial charge is 0.220 e. The number of hydrogen-bond donors (Lipinski definition) is 2. The molecule has 0 saturated carbocycles. The van der Waals surface area contributed by atoms with Gasteiger partial charge in [-0.25, -0.2) is 13.4 Å². The van der Waals surface area contributed by atoms with Crippen LogP contribution in [-0.2, 0) is 10.0 Å². The van der Waals surface area contributed by atoms with Gasteiger partial charge in [0, 0.05) is 50.7 Å². The zero-order valence-corrected chi connectivity index (χ0v) is 16.2. The topological polar surface area (TPSA) is 108 Å². The highest BCUT2D eigenvalue weighted by molar-refractivity contribution is 7.89. The highest BCUT2D eigenvalue weighted by Gasteiger charge is 2.44. The Kier molecular flexibility index (Phi) is 4.84. The maximum Gasteiger partial charge on any atom is 0.220 e. The van der Waals surface area contributed by atoms with Crippen molar-refractivity contribution in [1.82, 2.24) is 34.9 Å². The van der Waals surface area contributed by atoms with E-state index >= 15 is 0 Å². The Morgan fingerprint density at radius 2 is 1.63 bits per heavy atom. The summed E-state index contributed by atoms with van der Waals surface area (Å²) in [5, 5.41) is 8.06. The van der Waals surface area contributed by atoms with Crippen LogP contribution in [0.2, 0.25) is 0 Å². The molecular formula is C16H24N8O2S. The molecule has 0 spiro atoms. The van der Waals surface area contributed by atoms with Gasteiger partial charge in [0.2, 0.25) is 10.0 Å². The molecule has 11 heteroatoms. The third kappa shape index (κ3) is 3.43. The van der Waals surface area contributed by atoms with E-state index in [1.807, 2.05) is 32.2 Å². The van der Waals surface area contributed by atoms with E-state index in [4.69, 9.17) is 0 Å². The molecule has 2 fully saturated rings. The minimum atomic E-state index is -3.37. The number of nitrogens with one attached hydrogen (secondary N) is 2. The third-order valence-electron chi connectivity index (χ3n) is 5.20. The molecule has 2 aromatic heterocycles. The maximum absolute atomic E-state index is 13.0. The van der Waals surface area contributed by atoms with Crippen molar-refractivity contribution in [1.29, 1.82) is 0 Å². The van der Waals surface area contributed by atoms with Crippen molar-refractivity contribution in [3.05, 3.63) is 30.9 Å². The van der Waals surface area contributed by atoms with E-state index < -0.39 is 15.3 Å². The predicted molar refractivity (Wildman–Crippen MR) is 101 cm³/mol. The quantitative estimate of drug-likeness (QED) is 0.708. The number of nitrogens with zero attached hydrogens (tertiary/aromatic N) is 6. The van der Waals surface area contributed by atoms with Crippen LogP contribution >= 0.6 is 0 Å². The number of hydrazine groups is 1. The first-order chi connectivity index (χ1) is 13.0. The van der Waals surface area contributed by atoms with Gasteiger partial charge in [0.15, 0.2) is 11.6 Å². The Bertz CT molecular complexity index is 852. The van der Waals surface area contributed by atoms with Crippen LogP contribution < -0.4 is 15.8 Å². The standard InChI is InChI=1S/C16H24N8O2S/c1-12-16(13(2)19-18-12)27(25,26)24-9-7-22(8-10-24)14-3-4-15(21-20-14)23-6-5-17-11-23/h3-6,11-13,16,18-19H,7-10H2,1-2H3. The van der Waals surface area contributed by atoms with E-state index in [0.29, 0.717) is 32.0 Å². The predicted octanol–water partition coefficient (Wildman–Crippen LogP) is -0.632. The molecule has 2 saturated heterocycles. The Morgan fingerprint density at radius 1 is 1.00 bits per heavy atom. The summed E-state index contributed by atoms with van der Waals surface area (Å²) in [7, 11) is -3.37. The summed E-state index contributed by atoms with van der Waals surface area (Å²) in [5.74, 6) is 1.45. The van der Waals surface area contributed by atoms with Gasteiger partial charge in [-0.15, -0.1) is 10.2 Å². The van der Waals surface area contributed by atoms with Crippen LogP contribution in [0.5, 0.6) is 0 Å². The summed E-state index contributed by atoms with van der Waals surface area (Å²) in [6, 6.07) is 3.54. The zero-order chi connectivity index (χ0) is 19.0. The third-order valence-corrected chi connectivity index (χ3v) is 7.79. The summed E-state index contributed by atoms with van der Waals surface area (Å²) in [4.78, 5) is 6.06. The van der Waals surface area contributed by atoms with Gasteiger partial charge in [0.1, 0.15) is 11.6 Å². The summed E-state index contributed by atoms with van der Waals surface area (Å²) >= 11 is 0. The Morgan fingerprint density at radius 3 is 2.19 bits per heavy atom. The van der Waals surface area contributed by atoms with Crippen LogP contribution in [0.1, 0.15) is 13.8 Å². The van der Waals surface area contributed by atoms with Crippen LogP contribution in [0.4, 0.5) is 5.82 Å². The van der Waals surface area contributed by atoms with Crippen molar-refractivity contribution >= 4 is 15.8 Å². The van der Waals surface area contributed by atoms with Crippen LogP contribution in [0.25, 0.3) is 5.82 Å². The van der Waals surface area contributed by atoms with Gasteiger partial charge in [-0.1, -0.05) is 0 Å². The van der Waals surface area contributed by atoms with E-state index in [9.17, 15) is 8.42 Å². The molecule has 146 valence electrons. The molecule has 2 aliphatic rings. The lowest BCUT2D eigenvalue weighted by atomic mass is 10.2. The minimum absolute atomic E-state index is 0.121. The van der Waals surface area contributed by atoms with E-state index in [0.717, 1.165) is 5.82 Å². The van der Waals surface area contributed by atoms with Crippen molar-refractivity contribution in [2.75, 3.05) is 31.1 Å². The first-order valence-corrected chi connectivity index (χ1v) is 10.5. The summed E-state index contributed by atoms with van der Waals surface area (Å²) < 4.78 is 29.4. The average Bonchev–Trinajstić information content (AvgIpc) is 3.32. The van der Waals surface area contributed by atoms with Crippen LogP contribution in [0.3, 0.4) is 0 Å². The molecule has 0 aromatic carbocycles. The molecule has 2 atom stereocenters. The van der Waals surface area contributed by atoms with E-state index in [1.54, 1.807) is 21.4 Å². The van der Waals surface area contributed by atoms with Gasteiger partial charge < -0.3 is 4.90 Å². The summed E-state index contributed by atoms with van der Waals surface area (Å²) in [5.41, 5.74) is 6.05. The molecule has 2 aromatic rings. The highest BCUT2D eigenvalue weighted by atomic mass is 32.2. The highest BCUT2D eigenvalue weighted by Crippen LogP contribution is 2.22. The fraction of sp³-hybridized carbons (Fsp3) is 0.562. The second-order valence-corrected chi connectivity index (χ2v) is 9.07. The SMILES string of the molecule is CC1NNC(C)C1S(=O)(=O)N1CCN(c2ccc(-n3ccnc3)nn2)CC1. The molecule has 2 N–H and O–H groups in total. The lowest BCUT2D eigenvalue weighted by Gasteiger charge is -2.36. The number of aromatic nitrogens is 4. The van der Waals surface area contributed by atoms with Gasteiger partial charge >= 0.3 is 0 Å². The number of hydrogen-bond acceptors (Lipinski definition) is 8. The summed E-state index contributed by atoms with van der Waals surface area (Å²) in [6.07, 6.45) is 5.16. The molecule has 2 aliphatic heterocycles. The molecule has 4 rings (SSSR count). The molecule has 2 unspecified atom stereocenters. The van der Waals surface area contributed by atoms with Crippen molar-refractivity contribution in [3.63, 3.8) is 0 Å². The van der Waals surface area contributed by atoms with Crippen molar-refractivity contribution < 1.29 is 8.42 Å². The van der Waals surface area contributed by atoms with E-state index in [2.05, 4.69) is 30.9 Å². The molecule has 0 radical (unpaired) electrons. The normalized spacial score (nSPS) is 27.2. The fourth-order valence-corrected chi connectivity index (χ4v) is 5.92. The van der Waals surface area contributed by atoms with Gasteiger partial charge in [-0.05, 0) is 26.0 Å². The Hall–Kier alpha value is -2.08. The van der Waals surface area contributed by atoms with Crippen LogP contribution in [0.15, 0.2) is 30.9 Å². The first-order valence-electron chi connectivity index (χ1n) is 9.04. The van der Waals surface area contributed by atoms with Crippen molar-refractivity contribution in [2.45, 2.75) is 31.2 Å². The lowest BCUT2D eigenvalue weighted by molar-refractivity contribution is 0.373. The van der Waals surface area contributed by atoms with Crippen molar-refractivity contribution in [3.8, 4) is 5.82 Å². The monoisotopic (exact) mass is 392 g/mol. The molecule has 0 aliphatic carbocycles. The van der Waals surface area contributed by atoms with Crippen LogP contribution in [0, 0.1) is 0 Å². The first kappa shape index (κ1) is 18.3. The molecule has 4 heterocycles. The molecule has 0 bridgehead atoms. The van der Waals surface area contributed by atoms with Gasteiger partial charge in [0.25, 0.3) is 0 Å². The zero-order valence-electron chi connectivity index (χ0n) is 15.4. The second kappa shape index (κ2) is 7.15. The number of sulfonamides is 1. The largest absolute Gasteiger partial charge is 0.352 e. The van der Waals surface area contributed by atoms with E-state index in [1.165, 1.54) is 0 Å². The number of piperazine rings is 1. The maximum atomic E-state index is 13.0. The molecule has 27 heavy (non-hydrogen) atoms. The van der Waals surface area contributed by atoms with Gasteiger partial charge in [-0.3, -0.25) is 15.4 Å². The van der Waals surface area contributed by atoms with Crippen LogP contribution in [-0.4, -0.2) is 76.0 Å². The number of imidazole rings is 1. The molecule has 10 nitrogen and oxygen atoms in total. The number of anilines is 1. The molecule has 0 amide bonds. The van der Waals surface area contributed by atoms with Crippen molar-refractivity contribution in [2.24, 2.45) is 0 Å². The second-order valence-electron chi connectivity index (χ2n) is 6.98. The minimum Gasteiger partial charge on any atom is -0.352 e. The fourth-order valence-electron chi connectivity index (χ4n) is 3.74. The molecular weight excluding hydrogens is 368 g/mol. The Labute approximate surface area is 158 Å². The number of rotatable bonds is 4. The van der Waals surface area contributed by atoms with E-state index in [-0.39, 0.29) is 12.1 Å².